The van der Waals surface area contributed by atoms with Crippen LogP contribution in [0.2, 0.25) is 0 Å². The fraction of sp³-hybridized carbons (Fsp3) is 0.267. The molecule has 1 aromatic heterocycles. The fourth-order valence-corrected chi connectivity index (χ4v) is 3.05. The molecule has 1 aliphatic rings. The van der Waals surface area contributed by atoms with E-state index in [0.717, 1.165) is 22.8 Å². The number of nitrogen functional groups attached to an aromatic ring is 1. The molecule has 1 saturated heterocycles. The molecule has 3 rings (SSSR count). The highest BCUT2D eigenvalue weighted by molar-refractivity contribution is 7.17. The lowest BCUT2D eigenvalue weighted by Gasteiger charge is -2.17. The maximum absolute atomic E-state index is 12.2. The predicted molar refractivity (Wildman–Crippen MR) is 87.7 cm³/mol. The fourth-order valence-electron chi connectivity index (χ4n) is 2.47. The highest BCUT2D eigenvalue weighted by atomic mass is 32.1. The molecule has 7 nitrogen and oxygen atoms in total. The molecule has 1 aromatic carbocycles. The Morgan fingerprint density at radius 1 is 1.43 bits per heavy atom. The Balaban J connectivity index is 1.66. The maximum Gasteiger partial charge on any atom is 0.263 e. The Labute approximate surface area is 137 Å². The highest BCUT2D eigenvalue weighted by Gasteiger charge is 2.32. The number of carbonyl (C=O) groups excluding carboxylic acids is 2. The van der Waals surface area contributed by atoms with Gasteiger partial charge in [-0.2, -0.15) is 0 Å². The molecule has 1 aliphatic heterocycles. The zero-order valence-corrected chi connectivity index (χ0v) is 13.3. The number of nitrogens with zero attached hydrogens (tertiary/aromatic N) is 2. The number of nitrogens with two attached hydrogens (primary N) is 1. The summed E-state index contributed by atoms with van der Waals surface area (Å²) < 4.78 is 5.11. The van der Waals surface area contributed by atoms with Gasteiger partial charge in [-0.25, -0.2) is 4.98 Å². The maximum atomic E-state index is 12.2. The number of nitrogens with one attached hydrogen (secondary N) is 1. The average Bonchev–Trinajstić information content (AvgIpc) is 3.13. The number of anilines is 2. The van der Waals surface area contributed by atoms with Gasteiger partial charge in [0.05, 0.1) is 19.3 Å². The van der Waals surface area contributed by atoms with Gasteiger partial charge in [0, 0.05) is 18.7 Å². The molecule has 1 fully saturated rings. The molecule has 2 amide bonds. The van der Waals surface area contributed by atoms with Gasteiger partial charge in [-0.05, 0) is 24.3 Å². The van der Waals surface area contributed by atoms with Crippen molar-refractivity contribution >= 4 is 34.0 Å². The number of amides is 2. The van der Waals surface area contributed by atoms with Crippen molar-refractivity contribution in [1.82, 2.24) is 10.3 Å². The molecule has 0 unspecified atom stereocenters. The van der Waals surface area contributed by atoms with E-state index in [1.54, 1.807) is 24.1 Å². The van der Waals surface area contributed by atoms with Crippen LogP contribution < -0.4 is 20.7 Å². The third kappa shape index (κ3) is 3.26. The van der Waals surface area contributed by atoms with E-state index in [0.29, 0.717) is 16.6 Å². The number of carbonyl (C=O) groups is 2. The van der Waals surface area contributed by atoms with Crippen LogP contribution in [0, 0.1) is 0 Å². The highest BCUT2D eigenvalue weighted by Crippen LogP contribution is 2.24. The van der Waals surface area contributed by atoms with E-state index in [9.17, 15) is 9.59 Å². The minimum absolute atomic E-state index is 0.0238. The largest absolute Gasteiger partial charge is 0.497 e. The van der Waals surface area contributed by atoms with Gasteiger partial charge in [0.15, 0.2) is 5.13 Å². The summed E-state index contributed by atoms with van der Waals surface area (Å²) in [5.74, 6) is 0.450. The zero-order chi connectivity index (χ0) is 16.4. The molecule has 0 radical (unpaired) electrons. The summed E-state index contributed by atoms with van der Waals surface area (Å²) in [4.78, 5) is 30.2. The summed E-state index contributed by atoms with van der Waals surface area (Å²) in [5.41, 5.74) is 6.31. The van der Waals surface area contributed by atoms with Crippen molar-refractivity contribution in [2.75, 3.05) is 24.3 Å². The summed E-state index contributed by atoms with van der Waals surface area (Å²) in [6.45, 7) is 0.436. The van der Waals surface area contributed by atoms with Crippen molar-refractivity contribution < 1.29 is 14.3 Å². The van der Waals surface area contributed by atoms with E-state index in [1.807, 2.05) is 12.1 Å². The van der Waals surface area contributed by atoms with Gasteiger partial charge >= 0.3 is 0 Å². The summed E-state index contributed by atoms with van der Waals surface area (Å²) in [6, 6.07) is 7.01. The molecule has 2 aromatic rings. The molecular weight excluding hydrogens is 316 g/mol. The van der Waals surface area contributed by atoms with Crippen molar-refractivity contribution in [2.45, 2.75) is 12.5 Å². The lowest BCUT2D eigenvalue weighted by molar-refractivity contribution is -0.117. The van der Waals surface area contributed by atoms with Gasteiger partial charge in [-0.1, -0.05) is 11.3 Å². The molecule has 0 saturated carbocycles. The summed E-state index contributed by atoms with van der Waals surface area (Å²) in [6.07, 6.45) is 1.71. The average molecular weight is 332 g/mol. The van der Waals surface area contributed by atoms with E-state index in [-0.39, 0.29) is 24.3 Å². The smallest absolute Gasteiger partial charge is 0.263 e. The van der Waals surface area contributed by atoms with Crippen LogP contribution in [-0.4, -0.2) is 36.5 Å². The minimum atomic E-state index is -0.256. The van der Waals surface area contributed by atoms with Crippen molar-refractivity contribution in [3.05, 3.63) is 35.3 Å². The Hall–Kier alpha value is -2.61. The predicted octanol–water partition coefficient (Wildman–Crippen LogP) is 1.27. The summed E-state index contributed by atoms with van der Waals surface area (Å²) in [5, 5.41) is 3.19. The number of aromatic nitrogens is 1. The van der Waals surface area contributed by atoms with Gasteiger partial charge in [-0.3, -0.25) is 9.59 Å². The third-order valence-corrected chi connectivity index (χ3v) is 4.42. The number of thiazole rings is 1. The van der Waals surface area contributed by atoms with E-state index in [2.05, 4.69) is 10.3 Å². The lowest BCUT2D eigenvalue weighted by atomic mass is 10.2. The molecule has 8 heteroatoms. The van der Waals surface area contributed by atoms with Gasteiger partial charge in [0.2, 0.25) is 5.91 Å². The van der Waals surface area contributed by atoms with E-state index in [4.69, 9.17) is 10.5 Å². The number of methoxy groups -OCH3 is 1. The van der Waals surface area contributed by atoms with Crippen LogP contribution >= 0.6 is 11.3 Å². The topological polar surface area (TPSA) is 97.6 Å². The van der Waals surface area contributed by atoms with Crippen LogP contribution in [0.1, 0.15) is 16.1 Å². The first-order chi connectivity index (χ1) is 11.1. The Kier molecular flexibility index (Phi) is 4.16. The molecule has 0 aliphatic carbocycles. The molecule has 23 heavy (non-hydrogen) atoms. The van der Waals surface area contributed by atoms with Crippen LogP contribution in [0.15, 0.2) is 30.5 Å². The Bertz CT molecular complexity index is 729. The first kappa shape index (κ1) is 15.3. The SMILES string of the molecule is COc1ccc(N2C[C@@H](NC(=O)c3cnc(N)s3)CC2=O)cc1. The van der Waals surface area contributed by atoms with Crippen molar-refractivity contribution in [1.29, 1.82) is 0 Å². The van der Waals surface area contributed by atoms with Gasteiger partial charge in [0.1, 0.15) is 10.6 Å². The second-order valence-electron chi connectivity index (χ2n) is 5.14. The quantitative estimate of drug-likeness (QED) is 0.879. The zero-order valence-electron chi connectivity index (χ0n) is 12.5. The first-order valence-corrected chi connectivity index (χ1v) is 7.85. The third-order valence-electron chi connectivity index (χ3n) is 3.59. The minimum Gasteiger partial charge on any atom is -0.497 e. The number of hydrogen-bond donors (Lipinski definition) is 2. The Morgan fingerprint density at radius 2 is 2.17 bits per heavy atom. The number of benzene rings is 1. The second kappa shape index (κ2) is 6.25. The van der Waals surface area contributed by atoms with E-state index in [1.165, 1.54) is 6.20 Å². The van der Waals surface area contributed by atoms with E-state index >= 15 is 0 Å². The van der Waals surface area contributed by atoms with Crippen molar-refractivity contribution in [3.63, 3.8) is 0 Å². The lowest BCUT2D eigenvalue weighted by Crippen LogP contribution is -2.36. The molecule has 0 spiro atoms. The second-order valence-corrected chi connectivity index (χ2v) is 6.20. The van der Waals surface area contributed by atoms with Gasteiger partial charge in [0.25, 0.3) is 5.91 Å². The van der Waals surface area contributed by atoms with Crippen LogP contribution in [-0.2, 0) is 4.79 Å². The number of hydrogen-bond acceptors (Lipinski definition) is 6. The van der Waals surface area contributed by atoms with E-state index < -0.39 is 0 Å². The molecule has 3 N–H and O–H groups in total. The molecule has 2 heterocycles. The monoisotopic (exact) mass is 332 g/mol. The van der Waals surface area contributed by atoms with Crippen LogP contribution in [0.5, 0.6) is 5.75 Å². The van der Waals surface area contributed by atoms with Gasteiger partial charge in [-0.15, -0.1) is 0 Å². The van der Waals surface area contributed by atoms with Crippen LogP contribution in [0.4, 0.5) is 10.8 Å². The molecule has 120 valence electrons. The standard InChI is InChI=1S/C15H16N4O3S/c1-22-11-4-2-10(3-5-11)19-8-9(6-13(19)20)18-14(21)12-7-17-15(16)23-12/h2-5,7,9H,6,8H2,1H3,(H2,16,17)(H,18,21)/t9-/m0/s1. The first-order valence-electron chi connectivity index (χ1n) is 7.03. The normalized spacial score (nSPS) is 17.3. The van der Waals surface area contributed by atoms with Crippen molar-refractivity contribution in [3.8, 4) is 5.75 Å². The van der Waals surface area contributed by atoms with Crippen molar-refractivity contribution in [2.24, 2.45) is 0 Å². The molecular formula is C15H16N4O3S. The van der Waals surface area contributed by atoms with Crippen LogP contribution in [0.3, 0.4) is 0 Å². The Morgan fingerprint density at radius 3 is 2.78 bits per heavy atom. The number of ether oxygens (including phenoxy) is 1. The van der Waals surface area contributed by atoms with Crippen LogP contribution in [0.25, 0.3) is 0 Å². The molecule has 0 bridgehead atoms. The number of rotatable bonds is 4. The molecule has 1 atom stereocenters. The summed E-state index contributed by atoms with van der Waals surface area (Å²) >= 11 is 1.12. The summed E-state index contributed by atoms with van der Waals surface area (Å²) in [7, 11) is 1.59. The van der Waals surface area contributed by atoms with Gasteiger partial charge < -0.3 is 20.7 Å².